The highest BCUT2D eigenvalue weighted by Gasteiger charge is 2.24. The lowest BCUT2D eigenvalue weighted by Crippen LogP contribution is -2.42. The number of aromatic amines is 1. The van der Waals surface area contributed by atoms with Gasteiger partial charge in [-0.2, -0.15) is 0 Å². The molecule has 3 rings (SSSR count). The molecule has 1 amide bonds. The molecule has 126 valence electrons. The van der Waals surface area contributed by atoms with Gasteiger partial charge in [0.05, 0.1) is 31.9 Å². The Morgan fingerprint density at radius 3 is 2.83 bits per heavy atom. The summed E-state index contributed by atoms with van der Waals surface area (Å²) in [5.74, 6) is 0.700. The van der Waals surface area contributed by atoms with Crippen molar-refractivity contribution in [2.24, 2.45) is 0 Å². The molecule has 0 radical (unpaired) electrons. The van der Waals surface area contributed by atoms with Crippen LogP contribution in [0.4, 0.5) is 0 Å². The summed E-state index contributed by atoms with van der Waals surface area (Å²) in [5.41, 5.74) is 1.99. The zero-order valence-corrected chi connectivity index (χ0v) is 13.7. The number of aliphatic hydroxyl groups is 1. The number of hydrogen-bond acceptors (Lipinski definition) is 3. The van der Waals surface area contributed by atoms with Crippen molar-refractivity contribution < 1.29 is 14.3 Å². The molecule has 1 atom stereocenters. The number of hydrogen-bond donors (Lipinski definition) is 2. The molecule has 2 N–H and O–H groups in total. The zero-order valence-electron chi connectivity index (χ0n) is 13.7. The van der Waals surface area contributed by atoms with E-state index < -0.39 is 0 Å². The molecule has 1 aromatic carbocycles. The van der Waals surface area contributed by atoms with Crippen LogP contribution in [0, 0.1) is 0 Å². The summed E-state index contributed by atoms with van der Waals surface area (Å²) in [6, 6.07) is 11.4. The van der Waals surface area contributed by atoms with Gasteiger partial charge in [-0.05, 0) is 30.2 Å². The van der Waals surface area contributed by atoms with Gasteiger partial charge in [-0.1, -0.05) is 25.1 Å². The summed E-state index contributed by atoms with van der Waals surface area (Å²) in [4.78, 5) is 17.8. The Labute approximate surface area is 140 Å². The van der Waals surface area contributed by atoms with Crippen LogP contribution in [0.15, 0.2) is 53.3 Å². The fraction of sp³-hybridized carbons (Fsp3) is 0.316. The number of H-pyrrole nitrogens is 1. The van der Waals surface area contributed by atoms with Gasteiger partial charge in [0, 0.05) is 17.1 Å². The largest absolute Gasteiger partial charge is 0.467 e. The molecular weight excluding hydrogens is 304 g/mol. The van der Waals surface area contributed by atoms with Crippen LogP contribution in [-0.2, 0) is 17.8 Å². The van der Waals surface area contributed by atoms with Crippen molar-refractivity contribution in [2.75, 3.05) is 6.61 Å². The molecule has 0 aliphatic heterocycles. The van der Waals surface area contributed by atoms with E-state index in [1.54, 1.807) is 17.2 Å². The van der Waals surface area contributed by atoms with Crippen LogP contribution in [0.3, 0.4) is 0 Å². The molecule has 2 aromatic heterocycles. The third-order valence-corrected chi connectivity index (χ3v) is 4.37. The van der Waals surface area contributed by atoms with Gasteiger partial charge in [0.1, 0.15) is 5.76 Å². The second kappa shape index (κ2) is 7.36. The number of benzene rings is 1. The molecule has 5 heteroatoms. The summed E-state index contributed by atoms with van der Waals surface area (Å²) in [6.45, 7) is 2.28. The van der Waals surface area contributed by atoms with Gasteiger partial charge in [-0.15, -0.1) is 0 Å². The van der Waals surface area contributed by atoms with Crippen molar-refractivity contribution in [1.29, 1.82) is 0 Å². The fourth-order valence-corrected chi connectivity index (χ4v) is 2.98. The number of carbonyl (C=O) groups excluding carboxylic acids is 1. The van der Waals surface area contributed by atoms with Crippen molar-refractivity contribution in [3.05, 3.63) is 60.2 Å². The number of nitrogens with zero attached hydrogens (tertiary/aromatic N) is 1. The zero-order chi connectivity index (χ0) is 16.9. The number of amides is 1. The van der Waals surface area contributed by atoms with Gasteiger partial charge in [-0.3, -0.25) is 4.79 Å². The minimum absolute atomic E-state index is 0.0166. The lowest BCUT2D eigenvalue weighted by atomic mass is 10.1. The van der Waals surface area contributed by atoms with Gasteiger partial charge in [-0.25, -0.2) is 0 Å². The van der Waals surface area contributed by atoms with E-state index in [-0.39, 0.29) is 18.6 Å². The molecule has 0 aliphatic carbocycles. The average molecular weight is 326 g/mol. The maximum Gasteiger partial charge on any atom is 0.227 e. The first-order valence-electron chi connectivity index (χ1n) is 8.20. The van der Waals surface area contributed by atoms with Gasteiger partial charge in [0.2, 0.25) is 5.91 Å². The van der Waals surface area contributed by atoms with E-state index in [2.05, 4.69) is 4.98 Å². The Hall–Kier alpha value is -2.53. The van der Waals surface area contributed by atoms with Crippen molar-refractivity contribution in [1.82, 2.24) is 9.88 Å². The number of aromatic nitrogens is 1. The van der Waals surface area contributed by atoms with Crippen LogP contribution in [0.2, 0.25) is 0 Å². The molecule has 0 saturated heterocycles. The van der Waals surface area contributed by atoms with Crippen LogP contribution < -0.4 is 0 Å². The fourth-order valence-electron chi connectivity index (χ4n) is 2.98. The minimum atomic E-state index is -0.215. The quantitative estimate of drug-likeness (QED) is 0.701. The standard InChI is InChI=1S/C19H22N2O3/c1-2-15(13-22)21(12-16-6-5-9-24-16)19(23)10-14-11-20-18-8-4-3-7-17(14)18/h3-9,11,15,20,22H,2,10,12-13H2,1H3. The predicted octanol–water partition coefficient (Wildman–Crippen LogP) is 3.10. The van der Waals surface area contributed by atoms with E-state index in [9.17, 15) is 9.90 Å². The van der Waals surface area contributed by atoms with E-state index >= 15 is 0 Å². The highest BCUT2D eigenvalue weighted by molar-refractivity contribution is 5.89. The van der Waals surface area contributed by atoms with Crippen LogP contribution in [0.1, 0.15) is 24.7 Å². The van der Waals surface area contributed by atoms with Crippen molar-refractivity contribution in [3.8, 4) is 0 Å². The van der Waals surface area contributed by atoms with E-state index in [1.807, 2.05) is 43.5 Å². The first-order valence-corrected chi connectivity index (χ1v) is 8.20. The van der Waals surface area contributed by atoms with E-state index in [0.717, 1.165) is 16.5 Å². The Bertz CT molecular complexity index is 788. The summed E-state index contributed by atoms with van der Waals surface area (Å²) in [6.07, 6.45) is 4.46. The topological polar surface area (TPSA) is 69.5 Å². The van der Waals surface area contributed by atoms with Gasteiger partial charge < -0.3 is 19.4 Å². The number of para-hydroxylation sites is 1. The second-order valence-corrected chi connectivity index (χ2v) is 5.88. The van der Waals surface area contributed by atoms with Gasteiger partial charge >= 0.3 is 0 Å². The minimum Gasteiger partial charge on any atom is -0.467 e. The Morgan fingerprint density at radius 2 is 2.12 bits per heavy atom. The predicted molar refractivity (Wildman–Crippen MR) is 92.4 cm³/mol. The normalized spacial score (nSPS) is 12.4. The smallest absolute Gasteiger partial charge is 0.227 e. The third-order valence-electron chi connectivity index (χ3n) is 4.37. The molecule has 1 unspecified atom stereocenters. The number of nitrogens with one attached hydrogen (secondary N) is 1. The Kier molecular flexibility index (Phi) is 5.01. The number of fused-ring (bicyclic) bond motifs is 1. The molecular formula is C19H22N2O3. The van der Waals surface area contributed by atoms with Gasteiger partial charge in [0.25, 0.3) is 0 Å². The van der Waals surface area contributed by atoms with Crippen molar-refractivity contribution in [2.45, 2.75) is 32.4 Å². The van der Waals surface area contributed by atoms with Crippen LogP contribution >= 0.6 is 0 Å². The number of rotatable bonds is 7. The number of carbonyl (C=O) groups is 1. The van der Waals surface area contributed by atoms with Crippen molar-refractivity contribution >= 4 is 16.8 Å². The van der Waals surface area contributed by atoms with E-state index in [0.29, 0.717) is 25.1 Å². The summed E-state index contributed by atoms with van der Waals surface area (Å²) < 4.78 is 5.38. The molecule has 0 saturated carbocycles. The van der Waals surface area contributed by atoms with E-state index in [1.165, 1.54) is 0 Å². The molecule has 24 heavy (non-hydrogen) atoms. The van der Waals surface area contributed by atoms with Crippen LogP contribution in [0.5, 0.6) is 0 Å². The number of furan rings is 1. The summed E-state index contributed by atoms with van der Waals surface area (Å²) in [5, 5.41) is 10.7. The summed E-state index contributed by atoms with van der Waals surface area (Å²) in [7, 11) is 0. The highest BCUT2D eigenvalue weighted by Crippen LogP contribution is 2.20. The Balaban J connectivity index is 1.82. The maximum atomic E-state index is 12.9. The van der Waals surface area contributed by atoms with E-state index in [4.69, 9.17) is 4.42 Å². The molecule has 2 heterocycles. The first kappa shape index (κ1) is 16.3. The second-order valence-electron chi connectivity index (χ2n) is 5.88. The van der Waals surface area contributed by atoms with Crippen LogP contribution in [0.25, 0.3) is 10.9 Å². The SMILES string of the molecule is CCC(CO)N(Cc1ccco1)C(=O)Cc1c[nH]c2ccccc12. The first-order chi connectivity index (χ1) is 11.7. The van der Waals surface area contributed by atoms with Crippen molar-refractivity contribution in [3.63, 3.8) is 0 Å². The molecule has 0 fully saturated rings. The lowest BCUT2D eigenvalue weighted by molar-refractivity contribution is -0.134. The molecule has 0 bridgehead atoms. The van der Waals surface area contributed by atoms with Gasteiger partial charge in [0.15, 0.2) is 0 Å². The average Bonchev–Trinajstić information content (AvgIpc) is 3.25. The molecule has 0 spiro atoms. The molecule has 3 aromatic rings. The highest BCUT2D eigenvalue weighted by atomic mass is 16.3. The monoisotopic (exact) mass is 326 g/mol. The molecule has 0 aliphatic rings. The molecule has 5 nitrogen and oxygen atoms in total. The lowest BCUT2D eigenvalue weighted by Gasteiger charge is -2.29. The maximum absolute atomic E-state index is 12.9. The Morgan fingerprint density at radius 1 is 1.29 bits per heavy atom. The summed E-state index contributed by atoms with van der Waals surface area (Å²) >= 11 is 0. The number of aliphatic hydroxyl groups excluding tert-OH is 1. The van der Waals surface area contributed by atoms with Crippen LogP contribution in [-0.4, -0.2) is 33.5 Å². The third kappa shape index (κ3) is 3.36.